The Bertz CT molecular complexity index is 737. The molecule has 2 amide bonds. The lowest BCUT2D eigenvalue weighted by Gasteiger charge is -2.17. The van der Waals surface area contributed by atoms with Gasteiger partial charge in [0, 0.05) is 31.4 Å². The quantitative estimate of drug-likeness (QED) is 0.833. The fourth-order valence-electron chi connectivity index (χ4n) is 2.47. The molecular weight excluding hydrogens is 320 g/mol. The first-order chi connectivity index (χ1) is 11.9. The van der Waals surface area contributed by atoms with Gasteiger partial charge < -0.3 is 15.0 Å². The third kappa shape index (κ3) is 5.34. The summed E-state index contributed by atoms with van der Waals surface area (Å²) < 4.78 is 6.87. The molecule has 7 heteroatoms. The van der Waals surface area contributed by atoms with Crippen molar-refractivity contribution in [1.29, 1.82) is 0 Å². The topological polar surface area (TPSA) is 76.5 Å². The normalized spacial score (nSPS) is 10.4. The van der Waals surface area contributed by atoms with Gasteiger partial charge in [-0.05, 0) is 44.2 Å². The highest BCUT2D eigenvalue weighted by molar-refractivity contribution is 5.94. The molecular formula is C18H24N4O3. The summed E-state index contributed by atoms with van der Waals surface area (Å²) in [6.07, 6.45) is 0.300. The summed E-state index contributed by atoms with van der Waals surface area (Å²) in [5.41, 5.74) is 2.61. The molecule has 0 spiro atoms. The number of aromatic nitrogens is 2. The van der Waals surface area contributed by atoms with E-state index in [1.54, 1.807) is 43.1 Å². The van der Waals surface area contributed by atoms with Crippen LogP contribution in [0.25, 0.3) is 0 Å². The molecule has 1 aromatic carbocycles. The highest BCUT2D eigenvalue weighted by Crippen LogP contribution is 2.14. The van der Waals surface area contributed by atoms with E-state index in [1.807, 2.05) is 19.9 Å². The van der Waals surface area contributed by atoms with E-state index in [2.05, 4.69) is 10.4 Å². The molecule has 2 rings (SSSR count). The van der Waals surface area contributed by atoms with Crippen LogP contribution in [0.2, 0.25) is 0 Å². The Kier molecular flexibility index (Phi) is 6.16. The zero-order chi connectivity index (χ0) is 18.4. The monoisotopic (exact) mass is 344 g/mol. The molecule has 1 aromatic heterocycles. The van der Waals surface area contributed by atoms with Crippen molar-refractivity contribution in [1.82, 2.24) is 14.7 Å². The third-order valence-corrected chi connectivity index (χ3v) is 3.82. The Morgan fingerprint density at radius 1 is 1.24 bits per heavy atom. The van der Waals surface area contributed by atoms with E-state index in [0.717, 1.165) is 17.1 Å². The molecule has 1 N–H and O–H groups in total. The number of anilines is 1. The van der Waals surface area contributed by atoms with Crippen molar-refractivity contribution in [3.8, 4) is 5.75 Å². The van der Waals surface area contributed by atoms with Crippen LogP contribution in [0.1, 0.15) is 17.8 Å². The number of benzene rings is 1. The molecule has 2 aromatic rings. The molecule has 0 radical (unpaired) electrons. The number of methoxy groups -OCH3 is 1. The van der Waals surface area contributed by atoms with Crippen LogP contribution < -0.4 is 10.1 Å². The van der Waals surface area contributed by atoms with Crippen LogP contribution in [-0.2, 0) is 16.1 Å². The van der Waals surface area contributed by atoms with Crippen LogP contribution in [0.5, 0.6) is 5.75 Å². The van der Waals surface area contributed by atoms with Crippen LogP contribution in [0.3, 0.4) is 0 Å². The summed E-state index contributed by atoms with van der Waals surface area (Å²) in [5.74, 6) is 0.374. The Balaban J connectivity index is 1.81. The van der Waals surface area contributed by atoms with E-state index < -0.39 is 0 Å². The van der Waals surface area contributed by atoms with Gasteiger partial charge in [0.25, 0.3) is 0 Å². The molecule has 0 atom stereocenters. The minimum absolute atomic E-state index is 0.00196. The van der Waals surface area contributed by atoms with Gasteiger partial charge in [-0.2, -0.15) is 5.10 Å². The molecule has 0 aliphatic heterocycles. The predicted molar refractivity (Wildman–Crippen MR) is 95.6 cm³/mol. The van der Waals surface area contributed by atoms with E-state index >= 15 is 0 Å². The first kappa shape index (κ1) is 18.5. The second kappa shape index (κ2) is 8.32. The van der Waals surface area contributed by atoms with Gasteiger partial charge in [0.05, 0.1) is 19.3 Å². The van der Waals surface area contributed by atoms with Gasteiger partial charge in [-0.3, -0.25) is 14.3 Å². The number of nitrogens with zero attached hydrogens (tertiary/aromatic N) is 3. The number of likely N-dealkylation sites (N-methyl/N-ethyl adjacent to an activating group) is 1. The first-order valence-electron chi connectivity index (χ1n) is 8.08. The molecule has 0 aliphatic carbocycles. The van der Waals surface area contributed by atoms with Crippen molar-refractivity contribution >= 4 is 17.5 Å². The minimum Gasteiger partial charge on any atom is -0.497 e. The lowest BCUT2D eigenvalue weighted by Crippen LogP contribution is -2.35. The maximum atomic E-state index is 12.2. The number of ether oxygens (including phenoxy) is 1. The van der Waals surface area contributed by atoms with Gasteiger partial charge in [0.15, 0.2) is 0 Å². The minimum atomic E-state index is -0.243. The maximum Gasteiger partial charge on any atom is 0.243 e. The van der Waals surface area contributed by atoms with Crippen LogP contribution in [0.4, 0.5) is 5.69 Å². The summed E-state index contributed by atoms with van der Waals surface area (Å²) in [6.45, 7) is 4.38. The average Bonchev–Trinajstić information content (AvgIpc) is 2.90. The summed E-state index contributed by atoms with van der Waals surface area (Å²) >= 11 is 0. The average molecular weight is 344 g/mol. The number of aryl methyl sites for hydroxylation is 3. The second-order valence-corrected chi connectivity index (χ2v) is 5.93. The Morgan fingerprint density at radius 3 is 2.48 bits per heavy atom. The summed E-state index contributed by atoms with van der Waals surface area (Å²) in [5, 5.41) is 7.09. The first-order valence-corrected chi connectivity index (χ1v) is 8.08. The van der Waals surface area contributed by atoms with Crippen molar-refractivity contribution in [2.75, 3.05) is 26.0 Å². The third-order valence-electron chi connectivity index (χ3n) is 3.82. The lowest BCUT2D eigenvalue weighted by molar-refractivity contribution is -0.133. The number of hydrogen-bond acceptors (Lipinski definition) is 4. The van der Waals surface area contributed by atoms with E-state index in [9.17, 15) is 9.59 Å². The molecule has 0 unspecified atom stereocenters. The molecule has 0 aliphatic rings. The fourth-order valence-corrected chi connectivity index (χ4v) is 2.47. The SMILES string of the molecule is COc1ccc(NC(=O)CN(C)C(=O)CCn2nc(C)cc2C)cc1. The van der Waals surface area contributed by atoms with Gasteiger partial charge in [0.2, 0.25) is 11.8 Å². The molecule has 0 fully saturated rings. The molecule has 25 heavy (non-hydrogen) atoms. The van der Waals surface area contributed by atoms with Crippen LogP contribution in [0.15, 0.2) is 30.3 Å². The molecule has 0 saturated carbocycles. The zero-order valence-corrected chi connectivity index (χ0v) is 15.1. The van der Waals surface area contributed by atoms with Crippen LogP contribution in [0, 0.1) is 13.8 Å². The number of nitrogens with one attached hydrogen (secondary N) is 1. The van der Waals surface area contributed by atoms with Gasteiger partial charge in [0.1, 0.15) is 5.75 Å². The lowest BCUT2D eigenvalue weighted by atomic mass is 10.3. The number of amides is 2. The molecule has 0 saturated heterocycles. The fraction of sp³-hybridized carbons (Fsp3) is 0.389. The van der Waals surface area contributed by atoms with E-state index in [4.69, 9.17) is 4.74 Å². The van der Waals surface area contributed by atoms with Gasteiger partial charge in [-0.25, -0.2) is 0 Å². The summed E-state index contributed by atoms with van der Waals surface area (Å²) in [4.78, 5) is 25.7. The molecule has 7 nitrogen and oxygen atoms in total. The predicted octanol–water partition coefficient (Wildman–Crippen LogP) is 2.00. The largest absolute Gasteiger partial charge is 0.497 e. The van der Waals surface area contributed by atoms with Crippen molar-refractivity contribution in [2.24, 2.45) is 0 Å². The number of hydrogen-bond donors (Lipinski definition) is 1. The Morgan fingerprint density at radius 2 is 1.92 bits per heavy atom. The summed E-state index contributed by atoms with van der Waals surface area (Å²) in [6, 6.07) is 9.00. The summed E-state index contributed by atoms with van der Waals surface area (Å²) in [7, 11) is 3.21. The van der Waals surface area contributed by atoms with Crippen LogP contribution in [-0.4, -0.2) is 47.2 Å². The highest BCUT2D eigenvalue weighted by atomic mass is 16.5. The number of carbonyl (C=O) groups is 2. The second-order valence-electron chi connectivity index (χ2n) is 5.93. The molecule has 134 valence electrons. The molecule has 1 heterocycles. The maximum absolute atomic E-state index is 12.2. The Hall–Kier alpha value is -2.83. The number of rotatable bonds is 7. The van der Waals surface area contributed by atoms with Crippen molar-refractivity contribution in [3.63, 3.8) is 0 Å². The van der Waals surface area contributed by atoms with E-state index in [1.165, 1.54) is 4.90 Å². The van der Waals surface area contributed by atoms with E-state index in [-0.39, 0.29) is 18.4 Å². The highest BCUT2D eigenvalue weighted by Gasteiger charge is 2.14. The van der Waals surface area contributed by atoms with E-state index in [0.29, 0.717) is 18.7 Å². The zero-order valence-electron chi connectivity index (χ0n) is 15.1. The van der Waals surface area contributed by atoms with Gasteiger partial charge >= 0.3 is 0 Å². The smallest absolute Gasteiger partial charge is 0.243 e. The van der Waals surface area contributed by atoms with Gasteiger partial charge in [-0.15, -0.1) is 0 Å². The van der Waals surface area contributed by atoms with Crippen LogP contribution >= 0.6 is 0 Å². The standard InChI is InChI=1S/C18H24N4O3/c1-13-11-14(2)22(20-13)10-9-18(24)21(3)12-17(23)19-15-5-7-16(25-4)8-6-15/h5-8,11H,9-10,12H2,1-4H3,(H,19,23). The Labute approximate surface area is 147 Å². The van der Waals surface area contributed by atoms with Gasteiger partial charge in [-0.1, -0.05) is 0 Å². The molecule has 0 bridgehead atoms. The van der Waals surface area contributed by atoms with Crippen molar-refractivity contribution in [3.05, 3.63) is 41.7 Å². The number of carbonyl (C=O) groups excluding carboxylic acids is 2. The van der Waals surface area contributed by atoms with Crippen molar-refractivity contribution in [2.45, 2.75) is 26.8 Å². The van der Waals surface area contributed by atoms with Crippen molar-refractivity contribution < 1.29 is 14.3 Å².